The van der Waals surface area contributed by atoms with E-state index in [0.29, 0.717) is 18.1 Å². The van der Waals surface area contributed by atoms with Crippen molar-refractivity contribution in [1.82, 2.24) is 4.37 Å². The van der Waals surface area contributed by atoms with Crippen molar-refractivity contribution in [2.24, 2.45) is 0 Å². The van der Waals surface area contributed by atoms with E-state index in [9.17, 15) is 8.42 Å². The molecule has 1 aromatic heterocycles. The van der Waals surface area contributed by atoms with Crippen molar-refractivity contribution < 1.29 is 8.42 Å². The number of nitrogens with zero attached hydrogens (tertiary/aromatic N) is 2. The van der Waals surface area contributed by atoms with Crippen LogP contribution >= 0.6 is 11.5 Å². The number of nitrogens with two attached hydrogens (primary N) is 1. The first-order chi connectivity index (χ1) is 8.97. The summed E-state index contributed by atoms with van der Waals surface area (Å²) in [5.41, 5.74) is 8.13. The van der Waals surface area contributed by atoms with Crippen molar-refractivity contribution in [3.63, 3.8) is 0 Å². The third-order valence-corrected chi connectivity index (χ3v) is 5.35. The number of hydrogen-bond donors (Lipinski definition) is 1. The largest absolute Gasteiger partial charge is 0.382 e. The molecule has 1 aliphatic heterocycles. The average molecular weight is 295 g/mol. The SMILES string of the molecule is CS(=O)(=O)c1c(N)nsc1N1Cc2ccccc2C1. The van der Waals surface area contributed by atoms with Crippen molar-refractivity contribution in [2.45, 2.75) is 18.0 Å². The van der Waals surface area contributed by atoms with Gasteiger partial charge in [0, 0.05) is 19.3 Å². The molecule has 0 bridgehead atoms. The molecule has 0 spiro atoms. The lowest BCUT2D eigenvalue weighted by Gasteiger charge is -2.16. The molecule has 0 radical (unpaired) electrons. The van der Waals surface area contributed by atoms with Gasteiger partial charge in [-0.15, -0.1) is 0 Å². The second-order valence-electron chi connectivity index (χ2n) is 4.60. The van der Waals surface area contributed by atoms with Gasteiger partial charge in [-0.25, -0.2) is 8.42 Å². The van der Waals surface area contributed by atoms with Gasteiger partial charge in [-0.1, -0.05) is 24.3 Å². The molecular formula is C12H13N3O2S2. The van der Waals surface area contributed by atoms with E-state index in [4.69, 9.17) is 5.73 Å². The Morgan fingerprint density at radius 3 is 2.37 bits per heavy atom. The van der Waals surface area contributed by atoms with Gasteiger partial charge in [0.25, 0.3) is 0 Å². The summed E-state index contributed by atoms with van der Waals surface area (Å²) in [7, 11) is -3.36. The molecule has 0 fully saturated rings. The van der Waals surface area contributed by atoms with Gasteiger partial charge in [-0.3, -0.25) is 0 Å². The molecule has 0 unspecified atom stereocenters. The number of fused-ring (bicyclic) bond motifs is 1. The molecule has 1 aromatic carbocycles. The van der Waals surface area contributed by atoms with Gasteiger partial charge in [0.2, 0.25) is 0 Å². The third kappa shape index (κ3) is 2.08. The lowest BCUT2D eigenvalue weighted by Crippen LogP contribution is -2.16. The van der Waals surface area contributed by atoms with E-state index in [1.807, 2.05) is 17.0 Å². The van der Waals surface area contributed by atoms with Crippen molar-refractivity contribution in [1.29, 1.82) is 0 Å². The fourth-order valence-corrected chi connectivity index (χ4v) is 4.52. The minimum atomic E-state index is -3.36. The van der Waals surface area contributed by atoms with Crippen LogP contribution in [0.25, 0.3) is 0 Å². The lowest BCUT2D eigenvalue weighted by atomic mass is 10.1. The Labute approximate surface area is 115 Å². The van der Waals surface area contributed by atoms with E-state index in [0.717, 1.165) is 11.5 Å². The minimum Gasteiger partial charge on any atom is -0.382 e. The molecule has 0 saturated heterocycles. The van der Waals surface area contributed by atoms with Crippen molar-refractivity contribution in [2.75, 3.05) is 16.9 Å². The molecule has 0 atom stereocenters. The summed E-state index contributed by atoms with van der Waals surface area (Å²) in [5, 5.41) is 0.635. The van der Waals surface area contributed by atoms with Gasteiger partial charge >= 0.3 is 0 Å². The highest BCUT2D eigenvalue weighted by Crippen LogP contribution is 2.38. The molecule has 3 rings (SSSR count). The predicted octanol–water partition coefficient (Wildman–Crippen LogP) is 1.65. The van der Waals surface area contributed by atoms with Crippen LogP contribution in [0.5, 0.6) is 0 Å². The van der Waals surface area contributed by atoms with Crippen LogP contribution in [-0.4, -0.2) is 19.0 Å². The standard InChI is InChI=1S/C12H13N3O2S2/c1-19(16,17)10-11(13)14-18-12(10)15-6-8-4-2-3-5-9(8)7-15/h2-5H,6-7H2,1H3,(H2,13,14). The van der Waals surface area contributed by atoms with Crippen LogP contribution < -0.4 is 10.6 Å². The number of rotatable bonds is 2. The number of benzene rings is 1. The number of anilines is 2. The van der Waals surface area contributed by atoms with Gasteiger partial charge in [-0.05, 0) is 22.7 Å². The molecule has 0 saturated carbocycles. The van der Waals surface area contributed by atoms with Gasteiger partial charge in [0.05, 0.1) is 0 Å². The van der Waals surface area contributed by atoms with Crippen LogP contribution in [0.15, 0.2) is 29.2 Å². The second kappa shape index (κ2) is 4.21. The predicted molar refractivity (Wildman–Crippen MR) is 76.0 cm³/mol. The highest BCUT2D eigenvalue weighted by atomic mass is 32.2. The monoisotopic (exact) mass is 295 g/mol. The second-order valence-corrected chi connectivity index (χ2v) is 7.30. The summed E-state index contributed by atoms with van der Waals surface area (Å²) >= 11 is 1.14. The summed E-state index contributed by atoms with van der Waals surface area (Å²) in [4.78, 5) is 2.17. The molecular weight excluding hydrogens is 282 g/mol. The Morgan fingerprint density at radius 2 is 1.84 bits per heavy atom. The maximum absolute atomic E-state index is 11.8. The smallest absolute Gasteiger partial charge is 0.182 e. The molecule has 100 valence electrons. The highest BCUT2D eigenvalue weighted by molar-refractivity contribution is 7.91. The molecule has 2 heterocycles. The van der Waals surface area contributed by atoms with E-state index in [2.05, 4.69) is 16.5 Å². The van der Waals surface area contributed by atoms with Crippen molar-refractivity contribution in [3.8, 4) is 0 Å². The van der Waals surface area contributed by atoms with Gasteiger partial charge < -0.3 is 10.6 Å². The Kier molecular flexibility index (Phi) is 2.75. The Bertz CT molecular complexity index is 712. The van der Waals surface area contributed by atoms with Crippen molar-refractivity contribution in [3.05, 3.63) is 35.4 Å². The Hall–Kier alpha value is -1.60. The molecule has 0 amide bonds. The van der Waals surface area contributed by atoms with Crippen LogP contribution in [0.2, 0.25) is 0 Å². The summed E-state index contributed by atoms with van der Waals surface area (Å²) in [6.07, 6.45) is 1.17. The summed E-state index contributed by atoms with van der Waals surface area (Å²) < 4.78 is 27.6. The molecule has 1 aliphatic rings. The number of nitrogen functional groups attached to an aromatic ring is 1. The molecule has 5 nitrogen and oxygen atoms in total. The summed E-state index contributed by atoms with van der Waals surface area (Å²) in [6.45, 7) is 1.39. The van der Waals surface area contributed by atoms with Crippen molar-refractivity contribution >= 4 is 32.2 Å². The van der Waals surface area contributed by atoms with Crippen LogP contribution in [0, 0.1) is 0 Å². The van der Waals surface area contributed by atoms with Crippen LogP contribution in [0.4, 0.5) is 10.8 Å². The normalized spacial score (nSPS) is 14.7. The zero-order valence-corrected chi connectivity index (χ0v) is 12.0. The van der Waals surface area contributed by atoms with Crippen LogP contribution in [0.1, 0.15) is 11.1 Å². The van der Waals surface area contributed by atoms with Gasteiger partial charge in [0.1, 0.15) is 9.90 Å². The first kappa shape index (κ1) is 12.4. The van der Waals surface area contributed by atoms with E-state index >= 15 is 0 Å². The Morgan fingerprint density at radius 1 is 1.26 bits per heavy atom. The molecule has 2 aromatic rings. The third-order valence-electron chi connectivity index (χ3n) is 3.16. The molecule has 19 heavy (non-hydrogen) atoms. The number of sulfone groups is 1. The number of aromatic nitrogens is 1. The average Bonchev–Trinajstić information content (AvgIpc) is 2.90. The fourth-order valence-electron chi connectivity index (χ4n) is 2.31. The van der Waals surface area contributed by atoms with Gasteiger partial charge in [-0.2, -0.15) is 4.37 Å². The molecule has 0 aliphatic carbocycles. The Balaban J connectivity index is 2.03. The van der Waals surface area contributed by atoms with Crippen LogP contribution in [-0.2, 0) is 22.9 Å². The van der Waals surface area contributed by atoms with E-state index < -0.39 is 9.84 Å². The fraction of sp³-hybridized carbons (Fsp3) is 0.250. The van der Waals surface area contributed by atoms with E-state index in [1.165, 1.54) is 17.4 Å². The van der Waals surface area contributed by atoms with Crippen LogP contribution in [0.3, 0.4) is 0 Å². The zero-order valence-electron chi connectivity index (χ0n) is 10.3. The van der Waals surface area contributed by atoms with E-state index in [1.54, 1.807) is 0 Å². The topological polar surface area (TPSA) is 76.3 Å². The summed E-state index contributed by atoms with van der Waals surface area (Å²) in [5.74, 6) is 0.0958. The zero-order chi connectivity index (χ0) is 13.6. The van der Waals surface area contributed by atoms with E-state index in [-0.39, 0.29) is 10.7 Å². The van der Waals surface area contributed by atoms with Gasteiger partial charge in [0.15, 0.2) is 15.7 Å². The maximum Gasteiger partial charge on any atom is 0.182 e. The highest BCUT2D eigenvalue weighted by Gasteiger charge is 2.28. The summed E-state index contributed by atoms with van der Waals surface area (Å²) in [6, 6.07) is 8.08. The molecule has 2 N–H and O–H groups in total. The maximum atomic E-state index is 11.8. The quantitative estimate of drug-likeness (QED) is 0.911. The lowest BCUT2D eigenvalue weighted by molar-refractivity contribution is 0.602. The minimum absolute atomic E-state index is 0.0958. The molecule has 7 heteroatoms. The first-order valence-electron chi connectivity index (χ1n) is 5.74. The first-order valence-corrected chi connectivity index (χ1v) is 8.40. The number of hydrogen-bond acceptors (Lipinski definition) is 6.